The maximum Gasteiger partial charge on any atom is 0.283 e. The van der Waals surface area contributed by atoms with Gasteiger partial charge in [0.15, 0.2) is 5.82 Å². The van der Waals surface area contributed by atoms with Gasteiger partial charge in [-0.1, -0.05) is 60.2 Å². The summed E-state index contributed by atoms with van der Waals surface area (Å²) < 4.78 is 29.0. The number of anilines is 1. The smallest absolute Gasteiger partial charge is 0.283 e. The van der Waals surface area contributed by atoms with Gasteiger partial charge in [0.25, 0.3) is 10.0 Å². The van der Waals surface area contributed by atoms with Gasteiger partial charge in [0.05, 0.1) is 10.6 Å². The van der Waals surface area contributed by atoms with E-state index in [0.717, 1.165) is 35.1 Å². The number of fused-ring (bicyclic) bond motifs is 1. The van der Waals surface area contributed by atoms with Crippen molar-refractivity contribution in [3.8, 4) is 0 Å². The van der Waals surface area contributed by atoms with E-state index in [1.165, 1.54) is 10.5 Å². The maximum atomic E-state index is 13.9. The molecule has 0 spiro atoms. The quantitative estimate of drug-likeness (QED) is 0.351. The third-order valence-corrected chi connectivity index (χ3v) is 9.59. The van der Waals surface area contributed by atoms with Crippen molar-refractivity contribution in [3.05, 3.63) is 105 Å². The molecular formula is C28H27N3O2S2. The molecule has 0 saturated heterocycles. The molecule has 178 valence electrons. The number of rotatable bonds is 6. The fourth-order valence-corrected chi connectivity index (χ4v) is 7.07. The minimum Gasteiger partial charge on any atom is -0.365 e. The van der Waals surface area contributed by atoms with E-state index in [-0.39, 0.29) is 4.90 Å². The highest BCUT2D eigenvalue weighted by atomic mass is 32.2. The van der Waals surface area contributed by atoms with Crippen LogP contribution in [0.15, 0.2) is 82.4 Å². The summed E-state index contributed by atoms with van der Waals surface area (Å²) in [6.07, 6.45) is 8.15. The second-order valence-electron chi connectivity index (χ2n) is 9.50. The van der Waals surface area contributed by atoms with E-state index < -0.39 is 15.4 Å². The fraction of sp³-hybridized carbons (Fsp3) is 0.250. The Morgan fingerprint density at radius 2 is 1.80 bits per heavy atom. The largest absolute Gasteiger partial charge is 0.365 e. The maximum absolute atomic E-state index is 13.9. The zero-order chi connectivity index (χ0) is 24.0. The number of nitrogens with zero attached hydrogens (tertiary/aromatic N) is 2. The van der Waals surface area contributed by atoms with Crippen LogP contribution in [0.4, 0.5) is 5.82 Å². The Labute approximate surface area is 210 Å². The Kier molecular flexibility index (Phi) is 5.42. The third kappa shape index (κ3) is 3.74. The van der Waals surface area contributed by atoms with E-state index in [1.54, 1.807) is 23.5 Å². The van der Waals surface area contributed by atoms with Crippen LogP contribution in [0.5, 0.6) is 0 Å². The normalized spacial score (nSPS) is 19.8. The van der Waals surface area contributed by atoms with Gasteiger partial charge >= 0.3 is 0 Å². The van der Waals surface area contributed by atoms with Gasteiger partial charge < -0.3 is 5.32 Å². The van der Waals surface area contributed by atoms with Crippen LogP contribution < -0.4 is 5.32 Å². The highest BCUT2D eigenvalue weighted by Crippen LogP contribution is 2.44. The molecule has 1 atom stereocenters. The Balaban J connectivity index is 1.54. The number of benzene rings is 2. The van der Waals surface area contributed by atoms with Crippen molar-refractivity contribution in [1.29, 1.82) is 0 Å². The molecule has 2 aromatic carbocycles. The van der Waals surface area contributed by atoms with Crippen molar-refractivity contribution in [3.63, 3.8) is 0 Å². The topological polar surface area (TPSA) is 64.0 Å². The van der Waals surface area contributed by atoms with E-state index in [4.69, 9.17) is 5.10 Å². The Morgan fingerprint density at radius 3 is 2.46 bits per heavy atom. The van der Waals surface area contributed by atoms with Crippen LogP contribution >= 0.6 is 11.3 Å². The summed E-state index contributed by atoms with van der Waals surface area (Å²) >= 11 is 1.65. The van der Waals surface area contributed by atoms with Crippen molar-refractivity contribution in [1.82, 2.24) is 9.19 Å². The predicted molar refractivity (Wildman–Crippen MR) is 142 cm³/mol. The van der Waals surface area contributed by atoms with Crippen LogP contribution in [0.2, 0.25) is 0 Å². The van der Waals surface area contributed by atoms with Gasteiger partial charge in [-0.3, -0.25) is 0 Å². The molecule has 7 heteroatoms. The summed E-state index contributed by atoms with van der Waals surface area (Å²) in [6.45, 7) is 1.95. The number of allylic oxidation sites excluding steroid dienone is 1. The van der Waals surface area contributed by atoms with Crippen LogP contribution in [0.25, 0.3) is 6.08 Å². The SMILES string of the molecule is Cc1ccc(S(=O)(=O)n2nc(NC3CCC3)c3c2CC(c2ccccc2)(c2ccsc2)C=C3)cc1. The molecule has 5 nitrogen and oxygen atoms in total. The first-order valence-electron chi connectivity index (χ1n) is 12.0. The molecule has 2 heterocycles. The number of hydrogen-bond acceptors (Lipinski definition) is 5. The van der Waals surface area contributed by atoms with Gasteiger partial charge in [0.1, 0.15) is 0 Å². The van der Waals surface area contributed by atoms with E-state index in [1.807, 2.05) is 37.3 Å². The number of hydrogen-bond donors (Lipinski definition) is 1. The van der Waals surface area contributed by atoms with Crippen molar-refractivity contribution >= 4 is 33.3 Å². The van der Waals surface area contributed by atoms with Crippen LogP contribution in [0.3, 0.4) is 0 Å². The highest BCUT2D eigenvalue weighted by Gasteiger charge is 2.40. The summed E-state index contributed by atoms with van der Waals surface area (Å²) in [6, 6.07) is 19.8. The van der Waals surface area contributed by atoms with Gasteiger partial charge in [-0.15, -0.1) is 5.10 Å². The van der Waals surface area contributed by atoms with Crippen molar-refractivity contribution in [2.24, 2.45) is 0 Å². The van der Waals surface area contributed by atoms with Crippen molar-refractivity contribution < 1.29 is 8.42 Å². The molecule has 6 rings (SSSR count). The first kappa shape index (κ1) is 22.3. The van der Waals surface area contributed by atoms with Crippen LogP contribution in [-0.4, -0.2) is 23.6 Å². The second-order valence-corrected chi connectivity index (χ2v) is 12.0. The van der Waals surface area contributed by atoms with E-state index in [0.29, 0.717) is 24.0 Å². The third-order valence-electron chi connectivity index (χ3n) is 7.29. The Hall–Kier alpha value is -3.16. The lowest BCUT2D eigenvalue weighted by atomic mass is 9.69. The molecular weight excluding hydrogens is 474 g/mol. The van der Waals surface area contributed by atoms with E-state index in [9.17, 15) is 8.42 Å². The van der Waals surface area contributed by atoms with Gasteiger partial charge in [-0.05, 0) is 66.3 Å². The van der Waals surface area contributed by atoms with Gasteiger partial charge in [-0.25, -0.2) is 0 Å². The van der Waals surface area contributed by atoms with Gasteiger partial charge in [0, 0.05) is 23.4 Å². The van der Waals surface area contributed by atoms with Crippen LogP contribution in [0.1, 0.15) is 47.2 Å². The first-order chi connectivity index (χ1) is 17.0. The molecule has 2 aromatic heterocycles. The van der Waals surface area contributed by atoms with E-state index in [2.05, 4.69) is 46.4 Å². The minimum atomic E-state index is -3.87. The lowest BCUT2D eigenvalue weighted by Gasteiger charge is -2.34. The zero-order valence-corrected chi connectivity index (χ0v) is 21.1. The number of aryl methyl sites for hydroxylation is 1. The molecule has 0 radical (unpaired) electrons. The average Bonchev–Trinajstić information content (AvgIpc) is 3.51. The molecule has 1 fully saturated rings. The summed E-state index contributed by atoms with van der Waals surface area (Å²) in [7, 11) is -3.87. The number of nitrogens with one attached hydrogen (secondary N) is 1. The summed E-state index contributed by atoms with van der Waals surface area (Å²) in [5.74, 6) is 0.656. The predicted octanol–water partition coefficient (Wildman–Crippen LogP) is 6.01. The monoisotopic (exact) mass is 501 g/mol. The van der Waals surface area contributed by atoms with Gasteiger partial charge in [0.2, 0.25) is 0 Å². The Bertz CT molecular complexity index is 1480. The van der Waals surface area contributed by atoms with Crippen LogP contribution in [0, 0.1) is 6.92 Å². The molecule has 1 unspecified atom stereocenters. The van der Waals surface area contributed by atoms with Crippen LogP contribution in [-0.2, 0) is 21.9 Å². The number of thiophene rings is 1. The minimum absolute atomic E-state index is 0.249. The standard InChI is InChI=1S/C28H27N3O2S2/c1-20-10-12-24(13-11-20)35(32,33)31-26-18-28(22-15-17-34-19-22,21-6-3-2-4-7-21)16-14-25(26)27(30-31)29-23-8-5-9-23/h2-4,6-7,10-17,19,23H,5,8-9,18H2,1H3,(H,29,30). The second kappa shape index (κ2) is 8.50. The van der Waals surface area contributed by atoms with E-state index >= 15 is 0 Å². The number of aromatic nitrogens is 2. The molecule has 1 N–H and O–H groups in total. The Morgan fingerprint density at radius 1 is 1.03 bits per heavy atom. The molecule has 1 saturated carbocycles. The molecule has 0 bridgehead atoms. The van der Waals surface area contributed by atoms with Gasteiger partial charge in [-0.2, -0.15) is 23.8 Å². The summed E-state index contributed by atoms with van der Waals surface area (Å²) in [5, 5.41) is 12.4. The highest BCUT2D eigenvalue weighted by molar-refractivity contribution is 7.89. The molecule has 2 aliphatic rings. The fourth-order valence-electron chi connectivity index (χ4n) is 5.01. The zero-order valence-electron chi connectivity index (χ0n) is 19.5. The molecule has 2 aliphatic carbocycles. The van der Waals surface area contributed by atoms with Crippen molar-refractivity contribution in [2.75, 3.05) is 5.32 Å². The molecule has 35 heavy (non-hydrogen) atoms. The molecule has 4 aromatic rings. The summed E-state index contributed by atoms with van der Waals surface area (Å²) in [5.41, 5.74) is 4.42. The first-order valence-corrected chi connectivity index (χ1v) is 14.3. The molecule has 0 amide bonds. The lowest BCUT2D eigenvalue weighted by molar-refractivity contribution is 0.444. The molecule has 0 aliphatic heterocycles. The summed E-state index contributed by atoms with van der Waals surface area (Å²) in [4.78, 5) is 0.249. The van der Waals surface area contributed by atoms with Crippen molar-refractivity contribution in [2.45, 2.75) is 49.0 Å². The average molecular weight is 502 g/mol. The lowest BCUT2D eigenvalue weighted by Crippen LogP contribution is -2.32.